The van der Waals surface area contributed by atoms with Gasteiger partial charge in [0.25, 0.3) is 0 Å². The lowest BCUT2D eigenvalue weighted by atomic mass is 10.2. The van der Waals surface area contributed by atoms with Gasteiger partial charge in [-0.2, -0.15) is 0 Å². The molecule has 0 bridgehead atoms. The Labute approximate surface area is 101 Å². The molecular weight excluding hydrogens is 218 g/mol. The van der Waals surface area contributed by atoms with Crippen molar-refractivity contribution in [3.8, 4) is 0 Å². The van der Waals surface area contributed by atoms with Crippen LogP contribution in [0.25, 0.3) is 0 Å². The van der Waals surface area contributed by atoms with Gasteiger partial charge in [-0.25, -0.2) is 0 Å². The average molecular weight is 237 g/mol. The molecule has 0 radical (unpaired) electrons. The molecule has 0 heterocycles. The summed E-state index contributed by atoms with van der Waals surface area (Å²) in [6.07, 6.45) is 3.12. The maximum atomic E-state index is 9.64. The number of aliphatic hydroxyl groups is 1. The molecule has 1 aromatic carbocycles. The summed E-state index contributed by atoms with van der Waals surface area (Å²) in [5.74, 6) is 1.06. The van der Waals surface area contributed by atoms with Crippen LogP contribution in [0.15, 0.2) is 35.2 Å². The second-order valence-electron chi connectivity index (χ2n) is 4.22. The molecule has 2 rings (SSSR count). The standard InChI is InChI=1S/C13H19NOS/c15-13-8-4-7-12(13)14-9-10-16-11-5-2-1-3-6-11/h1-3,5-6,12-15H,4,7-10H2. The first-order valence-corrected chi connectivity index (χ1v) is 6.94. The summed E-state index contributed by atoms with van der Waals surface area (Å²) < 4.78 is 0. The lowest BCUT2D eigenvalue weighted by Crippen LogP contribution is -2.36. The van der Waals surface area contributed by atoms with Gasteiger partial charge in [0.2, 0.25) is 0 Å². The fourth-order valence-corrected chi connectivity index (χ4v) is 2.91. The highest BCUT2D eigenvalue weighted by Gasteiger charge is 2.23. The van der Waals surface area contributed by atoms with Crippen LogP contribution < -0.4 is 5.32 Å². The molecule has 1 aliphatic carbocycles. The van der Waals surface area contributed by atoms with Gasteiger partial charge in [0.15, 0.2) is 0 Å². The van der Waals surface area contributed by atoms with E-state index in [9.17, 15) is 5.11 Å². The van der Waals surface area contributed by atoms with Gasteiger partial charge in [-0.3, -0.25) is 0 Å². The molecule has 0 saturated heterocycles. The topological polar surface area (TPSA) is 32.3 Å². The van der Waals surface area contributed by atoms with Crippen molar-refractivity contribution in [3.05, 3.63) is 30.3 Å². The minimum atomic E-state index is -0.123. The van der Waals surface area contributed by atoms with Gasteiger partial charge in [0.1, 0.15) is 0 Å². The van der Waals surface area contributed by atoms with Gasteiger partial charge in [0, 0.05) is 23.2 Å². The first-order valence-electron chi connectivity index (χ1n) is 5.95. The maximum Gasteiger partial charge on any atom is 0.0693 e. The van der Waals surface area contributed by atoms with Crippen molar-refractivity contribution in [3.63, 3.8) is 0 Å². The zero-order valence-corrected chi connectivity index (χ0v) is 10.2. The fraction of sp³-hybridized carbons (Fsp3) is 0.538. The SMILES string of the molecule is OC1CCCC1NCCSc1ccccc1. The molecule has 16 heavy (non-hydrogen) atoms. The molecule has 1 fully saturated rings. The molecule has 0 aromatic heterocycles. The largest absolute Gasteiger partial charge is 0.392 e. The summed E-state index contributed by atoms with van der Waals surface area (Å²) in [6.45, 7) is 0.973. The Balaban J connectivity index is 1.62. The summed E-state index contributed by atoms with van der Waals surface area (Å²) >= 11 is 1.86. The molecule has 0 amide bonds. The van der Waals surface area contributed by atoms with Crippen molar-refractivity contribution in [1.29, 1.82) is 0 Å². The molecule has 3 heteroatoms. The van der Waals surface area contributed by atoms with E-state index in [1.165, 1.54) is 4.90 Å². The maximum absolute atomic E-state index is 9.64. The van der Waals surface area contributed by atoms with Crippen LogP contribution in [0.2, 0.25) is 0 Å². The Morgan fingerprint density at radius 3 is 2.75 bits per heavy atom. The van der Waals surface area contributed by atoms with Crippen LogP contribution in [0, 0.1) is 0 Å². The fourth-order valence-electron chi connectivity index (χ4n) is 2.11. The summed E-state index contributed by atoms with van der Waals surface area (Å²) in [5, 5.41) is 13.1. The number of hydrogen-bond donors (Lipinski definition) is 2. The molecule has 2 nitrogen and oxygen atoms in total. The van der Waals surface area contributed by atoms with Crippen LogP contribution >= 0.6 is 11.8 Å². The second kappa shape index (κ2) is 6.28. The van der Waals surface area contributed by atoms with E-state index in [1.807, 2.05) is 17.8 Å². The molecule has 1 aliphatic rings. The normalized spacial score (nSPS) is 24.8. The van der Waals surface area contributed by atoms with E-state index < -0.39 is 0 Å². The molecule has 0 spiro atoms. The molecule has 1 aromatic rings. The zero-order chi connectivity index (χ0) is 11.2. The minimum absolute atomic E-state index is 0.123. The Kier molecular flexibility index (Phi) is 4.69. The van der Waals surface area contributed by atoms with Crippen LogP contribution in [0.1, 0.15) is 19.3 Å². The highest BCUT2D eigenvalue weighted by molar-refractivity contribution is 7.99. The monoisotopic (exact) mass is 237 g/mol. The van der Waals surface area contributed by atoms with E-state index in [0.29, 0.717) is 6.04 Å². The number of benzene rings is 1. The highest BCUT2D eigenvalue weighted by atomic mass is 32.2. The Morgan fingerprint density at radius 1 is 1.25 bits per heavy atom. The number of hydrogen-bond acceptors (Lipinski definition) is 3. The third-order valence-corrected chi connectivity index (χ3v) is 4.01. The van der Waals surface area contributed by atoms with Gasteiger partial charge in [-0.1, -0.05) is 18.2 Å². The smallest absolute Gasteiger partial charge is 0.0693 e. The van der Waals surface area contributed by atoms with Gasteiger partial charge < -0.3 is 10.4 Å². The van der Waals surface area contributed by atoms with Crippen LogP contribution in [-0.4, -0.2) is 29.5 Å². The van der Waals surface area contributed by atoms with E-state index in [-0.39, 0.29) is 6.10 Å². The highest BCUT2D eigenvalue weighted by Crippen LogP contribution is 2.19. The Hall–Kier alpha value is -0.510. The first-order chi connectivity index (χ1) is 7.86. The predicted molar refractivity (Wildman–Crippen MR) is 68.8 cm³/mol. The lowest BCUT2D eigenvalue weighted by Gasteiger charge is -2.15. The van der Waals surface area contributed by atoms with Crippen LogP contribution in [-0.2, 0) is 0 Å². The third-order valence-electron chi connectivity index (χ3n) is 3.00. The number of nitrogens with one attached hydrogen (secondary N) is 1. The van der Waals surface area contributed by atoms with Gasteiger partial charge in [-0.15, -0.1) is 11.8 Å². The molecule has 88 valence electrons. The Morgan fingerprint density at radius 2 is 2.06 bits per heavy atom. The van der Waals surface area contributed by atoms with E-state index >= 15 is 0 Å². The van der Waals surface area contributed by atoms with Crippen molar-refractivity contribution in [2.75, 3.05) is 12.3 Å². The second-order valence-corrected chi connectivity index (χ2v) is 5.39. The molecule has 0 aliphatic heterocycles. The van der Waals surface area contributed by atoms with Crippen molar-refractivity contribution >= 4 is 11.8 Å². The predicted octanol–water partition coefficient (Wildman–Crippen LogP) is 2.28. The first kappa shape index (κ1) is 12.0. The zero-order valence-electron chi connectivity index (χ0n) is 9.43. The van der Waals surface area contributed by atoms with E-state index in [4.69, 9.17) is 0 Å². The summed E-state index contributed by atoms with van der Waals surface area (Å²) in [5.41, 5.74) is 0. The quantitative estimate of drug-likeness (QED) is 0.609. The number of rotatable bonds is 5. The molecular formula is C13H19NOS. The van der Waals surface area contributed by atoms with Crippen LogP contribution in [0.5, 0.6) is 0 Å². The van der Waals surface area contributed by atoms with Crippen molar-refractivity contribution in [2.45, 2.75) is 36.3 Å². The van der Waals surface area contributed by atoms with Gasteiger partial charge >= 0.3 is 0 Å². The van der Waals surface area contributed by atoms with Gasteiger partial charge in [0.05, 0.1) is 6.10 Å². The summed E-state index contributed by atoms with van der Waals surface area (Å²) in [4.78, 5) is 1.32. The number of thioether (sulfide) groups is 1. The van der Waals surface area contributed by atoms with E-state index in [0.717, 1.165) is 31.6 Å². The molecule has 2 unspecified atom stereocenters. The molecule has 2 N–H and O–H groups in total. The van der Waals surface area contributed by atoms with E-state index in [2.05, 4.69) is 29.6 Å². The van der Waals surface area contributed by atoms with Crippen molar-refractivity contribution < 1.29 is 5.11 Å². The summed E-state index contributed by atoms with van der Waals surface area (Å²) in [6, 6.07) is 10.8. The molecule has 2 atom stereocenters. The van der Waals surface area contributed by atoms with Crippen LogP contribution in [0.3, 0.4) is 0 Å². The Bertz CT molecular complexity index is 304. The molecule has 1 saturated carbocycles. The van der Waals surface area contributed by atoms with Gasteiger partial charge in [-0.05, 0) is 31.4 Å². The van der Waals surface area contributed by atoms with Crippen molar-refractivity contribution in [2.24, 2.45) is 0 Å². The lowest BCUT2D eigenvalue weighted by molar-refractivity contribution is 0.150. The van der Waals surface area contributed by atoms with E-state index in [1.54, 1.807) is 0 Å². The third kappa shape index (κ3) is 3.51. The minimum Gasteiger partial charge on any atom is -0.392 e. The number of aliphatic hydroxyl groups excluding tert-OH is 1. The van der Waals surface area contributed by atoms with Crippen molar-refractivity contribution in [1.82, 2.24) is 5.32 Å². The summed E-state index contributed by atoms with van der Waals surface area (Å²) in [7, 11) is 0. The van der Waals surface area contributed by atoms with Crippen LogP contribution in [0.4, 0.5) is 0 Å². The average Bonchev–Trinajstić information content (AvgIpc) is 2.72.